The summed E-state index contributed by atoms with van der Waals surface area (Å²) < 4.78 is 5.45. The van der Waals surface area contributed by atoms with Gasteiger partial charge in [-0.15, -0.1) is 0 Å². The molecule has 0 saturated carbocycles. The van der Waals surface area contributed by atoms with Crippen molar-refractivity contribution in [1.82, 2.24) is 10.6 Å². The maximum Gasteiger partial charge on any atom is 0.407 e. The maximum atomic E-state index is 12.2. The molecule has 2 amide bonds. The van der Waals surface area contributed by atoms with Gasteiger partial charge in [0.05, 0.1) is 6.42 Å². The standard InChI is InChI=1S/C25H30N2O5/c1-2-3-8-17(15-24(29)30)27-23(28)13-14-26-25(31)32-16-22-20-11-6-4-9-18(20)19-10-5-7-12-21(19)22/h4-7,9-12,17,22H,2-3,8,13-16H2,1H3,(H,26,31)(H,27,28)(H,29,30). The number of rotatable bonds is 11. The van der Waals surface area contributed by atoms with Crippen LogP contribution in [-0.2, 0) is 14.3 Å². The number of carboxylic acids is 1. The van der Waals surface area contributed by atoms with E-state index in [1.54, 1.807) is 0 Å². The highest BCUT2D eigenvalue weighted by Gasteiger charge is 2.29. The Hall–Kier alpha value is -3.35. The van der Waals surface area contributed by atoms with Crippen LogP contribution in [0.2, 0.25) is 0 Å². The smallest absolute Gasteiger partial charge is 0.407 e. The molecule has 0 aromatic heterocycles. The molecule has 7 heteroatoms. The number of nitrogens with one attached hydrogen (secondary N) is 2. The largest absolute Gasteiger partial charge is 0.481 e. The molecule has 1 aliphatic rings. The summed E-state index contributed by atoms with van der Waals surface area (Å²) in [7, 11) is 0. The molecule has 2 aromatic rings. The lowest BCUT2D eigenvalue weighted by molar-refractivity contribution is -0.137. The summed E-state index contributed by atoms with van der Waals surface area (Å²) in [5.41, 5.74) is 4.59. The fourth-order valence-corrected chi connectivity index (χ4v) is 4.11. The second-order valence-electron chi connectivity index (χ2n) is 8.01. The highest BCUT2D eigenvalue weighted by atomic mass is 16.5. The third kappa shape index (κ3) is 6.09. The summed E-state index contributed by atoms with van der Waals surface area (Å²) in [5, 5.41) is 14.3. The van der Waals surface area contributed by atoms with Gasteiger partial charge >= 0.3 is 12.1 Å². The van der Waals surface area contributed by atoms with Crippen molar-refractivity contribution in [3.8, 4) is 11.1 Å². The predicted molar refractivity (Wildman–Crippen MR) is 121 cm³/mol. The summed E-state index contributed by atoms with van der Waals surface area (Å²) in [6.45, 7) is 2.35. The maximum absolute atomic E-state index is 12.2. The number of carbonyl (C=O) groups is 3. The molecule has 2 aromatic carbocycles. The number of unbranched alkanes of at least 4 members (excludes halogenated alkanes) is 1. The van der Waals surface area contributed by atoms with Crippen LogP contribution in [0, 0.1) is 0 Å². The molecule has 0 aliphatic heterocycles. The number of alkyl carbamates (subject to hydrolysis) is 1. The Morgan fingerprint density at radius 1 is 1.03 bits per heavy atom. The van der Waals surface area contributed by atoms with Gasteiger partial charge in [-0.2, -0.15) is 0 Å². The molecule has 1 atom stereocenters. The summed E-state index contributed by atoms with van der Waals surface area (Å²) in [5.74, 6) is -1.25. The average molecular weight is 439 g/mol. The number of aliphatic carboxylic acids is 1. The molecule has 7 nitrogen and oxygen atoms in total. The van der Waals surface area contributed by atoms with Gasteiger partial charge in [0.15, 0.2) is 0 Å². The molecule has 0 radical (unpaired) electrons. The average Bonchev–Trinajstić information content (AvgIpc) is 3.09. The van der Waals surface area contributed by atoms with Gasteiger partial charge in [-0.25, -0.2) is 4.79 Å². The molecular formula is C25H30N2O5. The summed E-state index contributed by atoms with van der Waals surface area (Å²) in [6, 6.07) is 15.8. The minimum absolute atomic E-state index is 0.0215. The van der Waals surface area contributed by atoms with Crippen molar-refractivity contribution < 1.29 is 24.2 Å². The zero-order valence-electron chi connectivity index (χ0n) is 18.3. The Morgan fingerprint density at radius 3 is 2.25 bits per heavy atom. The number of carbonyl (C=O) groups excluding carboxylic acids is 2. The predicted octanol–water partition coefficient (Wildman–Crippen LogP) is 4.06. The topological polar surface area (TPSA) is 105 Å². The minimum atomic E-state index is -0.942. The van der Waals surface area contributed by atoms with Gasteiger partial charge in [0, 0.05) is 24.9 Å². The van der Waals surface area contributed by atoms with Gasteiger partial charge in [0.1, 0.15) is 6.61 Å². The Bertz CT molecular complexity index is 913. The van der Waals surface area contributed by atoms with Crippen molar-refractivity contribution in [3.05, 3.63) is 59.7 Å². The zero-order valence-corrected chi connectivity index (χ0v) is 18.3. The molecule has 32 heavy (non-hydrogen) atoms. The third-order valence-electron chi connectivity index (χ3n) is 5.66. The molecule has 0 spiro atoms. The van der Waals surface area contributed by atoms with E-state index in [9.17, 15) is 14.4 Å². The quantitative estimate of drug-likeness (QED) is 0.491. The van der Waals surface area contributed by atoms with Gasteiger partial charge in [-0.1, -0.05) is 68.3 Å². The SMILES string of the molecule is CCCCC(CC(=O)O)NC(=O)CCNC(=O)OCC1c2ccccc2-c2ccccc21. The van der Waals surface area contributed by atoms with Crippen LogP contribution in [-0.4, -0.2) is 42.3 Å². The Morgan fingerprint density at radius 2 is 1.66 bits per heavy atom. The third-order valence-corrected chi connectivity index (χ3v) is 5.66. The summed E-state index contributed by atoms with van der Waals surface area (Å²) in [6.07, 6.45) is 1.77. The van der Waals surface area contributed by atoms with E-state index in [0.29, 0.717) is 6.42 Å². The van der Waals surface area contributed by atoms with Gasteiger partial charge in [-0.3, -0.25) is 9.59 Å². The lowest BCUT2D eigenvalue weighted by atomic mass is 9.98. The normalized spacial score (nSPS) is 13.0. The summed E-state index contributed by atoms with van der Waals surface area (Å²) >= 11 is 0. The monoisotopic (exact) mass is 438 g/mol. The highest BCUT2D eigenvalue weighted by Crippen LogP contribution is 2.44. The Labute approximate surface area is 188 Å². The zero-order chi connectivity index (χ0) is 22.9. The highest BCUT2D eigenvalue weighted by molar-refractivity contribution is 5.79. The Kier molecular flexibility index (Phi) is 8.25. The first-order valence-corrected chi connectivity index (χ1v) is 11.1. The van der Waals surface area contributed by atoms with Crippen LogP contribution < -0.4 is 10.6 Å². The minimum Gasteiger partial charge on any atom is -0.481 e. The molecule has 170 valence electrons. The van der Waals surface area contributed by atoms with Crippen molar-refractivity contribution >= 4 is 18.0 Å². The number of ether oxygens (including phenoxy) is 1. The van der Waals surface area contributed by atoms with E-state index in [0.717, 1.165) is 35.1 Å². The van der Waals surface area contributed by atoms with Crippen molar-refractivity contribution in [2.45, 2.75) is 51.0 Å². The lowest BCUT2D eigenvalue weighted by Crippen LogP contribution is -2.38. The number of carboxylic acid groups (broad SMARTS) is 1. The van der Waals surface area contributed by atoms with Gasteiger partial charge < -0.3 is 20.5 Å². The van der Waals surface area contributed by atoms with E-state index in [-0.39, 0.29) is 37.8 Å². The fourth-order valence-electron chi connectivity index (χ4n) is 4.11. The van der Waals surface area contributed by atoms with Crippen molar-refractivity contribution in [3.63, 3.8) is 0 Å². The van der Waals surface area contributed by atoms with Gasteiger partial charge in [0.25, 0.3) is 0 Å². The fraction of sp³-hybridized carbons (Fsp3) is 0.400. The second-order valence-corrected chi connectivity index (χ2v) is 8.01. The first-order chi connectivity index (χ1) is 15.5. The number of hydrogen-bond donors (Lipinski definition) is 3. The first kappa shape index (κ1) is 23.3. The molecular weight excluding hydrogens is 408 g/mol. The van der Waals surface area contributed by atoms with Crippen LogP contribution in [0.4, 0.5) is 4.79 Å². The Balaban J connectivity index is 1.45. The van der Waals surface area contributed by atoms with Crippen LogP contribution in [0.5, 0.6) is 0 Å². The van der Waals surface area contributed by atoms with Gasteiger partial charge in [0.2, 0.25) is 5.91 Å². The molecule has 0 bridgehead atoms. The van der Waals surface area contributed by atoms with Crippen LogP contribution in [0.25, 0.3) is 11.1 Å². The van der Waals surface area contributed by atoms with Crippen molar-refractivity contribution in [1.29, 1.82) is 0 Å². The lowest BCUT2D eigenvalue weighted by Gasteiger charge is -2.17. The van der Waals surface area contributed by atoms with Crippen LogP contribution in [0.15, 0.2) is 48.5 Å². The molecule has 0 saturated heterocycles. The van der Waals surface area contributed by atoms with Crippen LogP contribution >= 0.6 is 0 Å². The number of amides is 2. The van der Waals surface area contributed by atoms with Crippen LogP contribution in [0.3, 0.4) is 0 Å². The number of benzene rings is 2. The number of fused-ring (bicyclic) bond motifs is 3. The van der Waals surface area contributed by atoms with E-state index < -0.39 is 18.1 Å². The van der Waals surface area contributed by atoms with Crippen molar-refractivity contribution in [2.75, 3.05) is 13.2 Å². The molecule has 3 N–H and O–H groups in total. The van der Waals surface area contributed by atoms with Crippen molar-refractivity contribution in [2.24, 2.45) is 0 Å². The number of hydrogen-bond acceptors (Lipinski definition) is 4. The van der Waals surface area contributed by atoms with E-state index in [2.05, 4.69) is 34.9 Å². The second kappa shape index (κ2) is 11.3. The van der Waals surface area contributed by atoms with E-state index in [1.807, 2.05) is 31.2 Å². The molecule has 1 aliphatic carbocycles. The van der Waals surface area contributed by atoms with E-state index in [4.69, 9.17) is 9.84 Å². The van der Waals surface area contributed by atoms with E-state index in [1.165, 1.54) is 0 Å². The van der Waals surface area contributed by atoms with E-state index >= 15 is 0 Å². The molecule has 3 rings (SSSR count). The van der Waals surface area contributed by atoms with Gasteiger partial charge in [-0.05, 0) is 28.7 Å². The van der Waals surface area contributed by atoms with Crippen LogP contribution in [0.1, 0.15) is 56.1 Å². The molecule has 0 fully saturated rings. The molecule has 1 unspecified atom stereocenters. The molecule has 0 heterocycles. The summed E-state index contributed by atoms with van der Waals surface area (Å²) in [4.78, 5) is 35.3. The first-order valence-electron chi connectivity index (χ1n) is 11.1.